The van der Waals surface area contributed by atoms with E-state index >= 15 is 0 Å². The van der Waals surface area contributed by atoms with Gasteiger partial charge in [0.25, 0.3) is 5.91 Å². The maximum atomic E-state index is 14.2. The third kappa shape index (κ3) is 3.08. The maximum Gasteiger partial charge on any atom is 0.262 e. The fourth-order valence-electron chi connectivity index (χ4n) is 2.96. The first kappa shape index (κ1) is 16.6. The summed E-state index contributed by atoms with van der Waals surface area (Å²) < 4.78 is 14.2. The van der Waals surface area contributed by atoms with Crippen molar-refractivity contribution in [2.45, 2.75) is 19.4 Å². The van der Waals surface area contributed by atoms with Gasteiger partial charge in [0.05, 0.1) is 5.56 Å². The van der Waals surface area contributed by atoms with Crippen molar-refractivity contribution >= 4 is 29.1 Å². The van der Waals surface area contributed by atoms with Gasteiger partial charge in [0, 0.05) is 24.7 Å². The molecule has 0 unspecified atom stereocenters. The number of amides is 3. The highest BCUT2D eigenvalue weighted by Crippen LogP contribution is 2.34. The van der Waals surface area contributed by atoms with Crippen molar-refractivity contribution in [3.63, 3.8) is 0 Å². The average molecular weight is 341 g/mol. The van der Waals surface area contributed by atoms with Crippen molar-refractivity contribution in [2.75, 3.05) is 10.2 Å². The molecular formula is C18H16FN3O3. The number of rotatable bonds is 3. The van der Waals surface area contributed by atoms with Gasteiger partial charge in [-0.2, -0.15) is 0 Å². The topological polar surface area (TPSA) is 92.5 Å². The molecule has 2 aromatic carbocycles. The fraction of sp³-hybridized carbons (Fsp3) is 0.167. The minimum Gasteiger partial charge on any atom is -0.368 e. The Hall–Kier alpha value is -3.22. The molecule has 0 fully saturated rings. The number of hydrogen-bond donors (Lipinski definition) is 2. The number of nitrogens with zero attached hydrogens (tertiary/aromatic N) is 1. The zero-order chi connectivity index (χ0) is 18.1. The first-order valence-corrected chi connectivity index (χ1v) is 7.66. The van der Waals surface area contributed by atoms with Crippen LogP contribution in [0, 0.1) is 5.82 Å². The van der Waals surface area contributed by atoms with E-state index in [1.165, 1.54) is 24.0 Å². The number of hydrogen-bond acceptors (Lipinski definition) is 3. The lowest BCUT2D eigenvalue weighted by Gasteiger charge is -2.23. The molecule has 3 rings (SSSR count). The first-order chi connectivity index (χ1) is 11.9. The van der Waals surface area contributed by atoms with Crippen LogP contribution in [-0.2, 0) is 16.0 Å². The summed E-state index contributed by atoms with van der Waals surface area (Å²) in [5, 5.41) is 2.50. The quantitative estimate of drug-likeness (QED) is 0.892. The van der Waals surface area contributed by atoms with E-state index in [0.717, 1.165) is 11.6 Å². The Labute approximate surface area is 143 Å². The van der Waals surface area contributed by atoms with Crippen LogP contribution in [-0.4, -0.2) is 23.8 Å². The normalized spacial score (nSPS) is 15.6. The number of carbonyl (C=O) groups is 3. The predicted octanol–water partition coefficient (Wildman–Crippen LogP) is 1.84. The van der Waals surface area contributed by atoms with E-state index in [0.29, 0.717) is 11.4 Å². The molecule has 3 N–H and O–H groups in total. The van der Waals surface area contributed by atoms with Crippen molar-refractivity contribution in [1.29, 1.82) is 0 Å². The van der Waals surface area contributed by atoms with E-state index in [2.05, 4.69) is 5.32 Å². The van der Waals surface area contributed by atoms with E-state index in [4.69, 9.17) is 5.73 Å². The smallest absolute Gasteiger partial charge is 0.262 e. The molecule has 0 radical (unpaired) electrons. The van der Waals surface area contributed by atoms with Gasteiger partial charge in [-0.3, -0.25) is 19.3 Å². The minimum absolute atomic E-state index is 0.241. The van der Waals surface area contributed by atoms with Gasteiger partial charge in [-0.05, 0) is 29.8 Å². The van der Waals surface area contributed by atoms with E-state index < -0.39 is 23.7 Å². The standard InChI is InChI=1S/C18H16FN3O3/c1-10(23)21-12-6-7-14(19)13(9-12)18(25)22-15-5-3-2-4-11(15)8-16(22)17(20)24/h2-7,9,16H,8H2,1H3,(H2,20,24)(H,21,23)/t16-/m0/s1. The third-order valence-electron chi connectivity index (χ3n) is 4.04. The second-order valence-electron chi connectivity index (χ2n) is 5.80. The molecule has 1 atom stereocenters. The van der Waals surface area contributed by atoms with Crippen molar-refractivity contribution in [2.24, 2.45) is 5.73 Å². The SMILES string of the molecule is CC(=O)Nc1ccc(F)c(C(=O)N2c3ccccc3C[C@H]2C(N)=O)c1. The number of nitrogens with one attached hydrogen (secondary N) is 1. The van der Waals surface area contributed by atoms with E-state index in [1.54, 1.807) is 24.3 Å². The van der Waals surface area contributed by atoms with Gasteiger partial charge in [0.15, 0.2) is 0 Å². The van der Waals surface area contributed by atoms with Gasteiger partial charge >= 0.3 is 0 Å². The molecule has 6 nitrogen and oxygen atoms in total. The average Bonchev–Trinajstić information content (AvgIpc) is 2.95. The summed E-state index contributed by atoms with van der Waals surface area (Å²) in [6.45, 7) is 1.31. The molecule has 1 aliphatic heterocycles. The summed E-state index contributed by atoms with van der Waals surface area (Å²) >= 11 is 0. The van der Waals surface area contributed by atoms with E-state index in [9.17, 15) is 18.8 Å². The van der Waals surface area contributed by atoms with Gasteiger partial charge in [0.1, 0.15) is 11.9 Å². The van der Waals surface area contributed by atoms with Crippen LogP contribution < -0.4 is 16.0 Å². The van der Waals surface area contributed by atoms with Crippen LogP contribution in [0.25, 0.3) is 0 Å². The summed E-state index contributed by atoms with van der Waals surface area (Å²) in [7, 11) is 0. The lowest BCUT2D eigenvalue weighted by Crippen LogP contribution is -2.46. The number of anilines is 2. The van der Waals surface area contributed by atoms with Crippen LogP contribution in [0.3, 0.4) is 0 Å². The van der Waals surface area contributed by atoms with Crippen LogP contribution in [0.2, 0.25) is 0 Å². The zero-order valence-corrected chi connectivity index (χ0v) is 13.5. The van der Waals surface area contributed by atoms with Crippen LogP contribution in [0.5, 0.6) is 0 Å². The summed E-state index contributed by atoms with van der Waals surface area (Å²) in [5.74, 6) is -2.43. The fourth-order valence-corrected chi connectivity index (χ4v) is 2.96. The molecule has 0 aromatic heterocycles. The Bertz CT molecular complexity index is 882. The predicted molar refractivity (Wildman–Crippen MR) is 90.6 cm³/mol. The second-order valence-corrected chi connectivity index (χ2v) is 5.80. The molecule has 1 aliphatic rings. The molecule has 25 heavy (non-hydrogen) atoms. The largest absolute Gasteiger partial charge is 0.368 e. The highest BCUT2D eigenvalue weighted by Gasteiger charge is 2.38. The lowest BCUT2D eigenvalue weighted by atomic mass is 10.1. The summed E-state index contributed by atoms with van der Waals surface area (Å²) in [6, 6.07) is 9.83. The molecule has 1 heterocycles. The zero-order valence-electron chi connectivity index (χ0n) is 13.5. The molecule has 0 aliphatic carbocycles. The molecule has 0 bridgehead atoms. The van der Waals surface area contributed by atoms with Crippen molar-refractivity contribution in [3.05, 3.63) is 59.4 Å². The molecule has 2 aromatic rings. The van der Waals surface area contributed by atoms with Crippen LogP contribution in [0.1, 0.15) is 22.8 Å². The lowest BCUT2D eigenvalue weighted by molar-refractivity contribution is -0.119. The Morgan fingerprint density at radius 1 is 1.20 bits per heavy atom. The summed E-state index contributed by atoms with van der Waals surface area (Å²) in [6.07, 6.45) is 0.282. The van der Waals surface area contributed by atoms with Crippen LogP contribution in [0.15, 0.2) is 42.5 Å². The Morgan fingerprint density at radius 3 is 2.60 bits per heavy atom. The Morgan fingerprint density at radius 2 is 1.92 bits per heavy atom. The molecule has 7 heteroatoms. The number of fused-ring (bicyclic) bond motifs is 1. The number of para-hydroxylation sites is 1. The summed E-state index contributed by atoms with van der Waals surface area (Å²) in [5.41, 5.74) is 6.80. The molecule has 0 saturated heterocycles. The van der Waals surface area contributed by atoms with Crippen LogP contribution in [0.4, 0.5) is 15.8 Å². The first-order valence-electron chi connectivity index (χ1n) is 7.66. The van der Waals surface area contributed by atoms with Crippen molar-refractivity contribution < 1.29 is 18.8 Å². The van der Waals surface area contributed by atoms with Gasteiger partial charge in [-0.1, -0.05) is 18.2 Å². The monoisotopic (exact) mass is 341 g/mol. The number of halogens is 1. The van der Waals surface area contributed by atoms with E-state index in [1.807, 2.05) is 0 Å². The number of primary amides is 1. The van der Waals surface area contributed by atoms with Gasteiger partial charge in [-0.25, -0.2) is 4.39 Å². The van der Waals surface area contributed by atoms with E-state index in [-0.39, 0.29) is 17.9 Å². The molecule has 128 valence electrons. The van der Waals surface area contributed by atoms with Gasteiger partial charge < -0.3 is 11.1 Å². The van der Waals surface area contributed by atoms with Gasteiger partial charge in [-0.15, -0.1) is 0 Å². The molecule has 0 spiro atoms. The van der Waals surface area contributed by atoms with Crippen molar-refractivity contribution in [1.82, 2.24) is 0 Å². The van der Waals surface area contributed by atoms with Crippen LogP contribution >= 0.6 is 0 Å². The number of benzene rings is 2. The Balaban J connectivity index is 2.04. The summed E-state index contributed by atoms with van der Waals surface area (Å²) in [4.78, 5) is 37.1. The molecule has 0 saturated carbocycles. The van der Waals surface area contributed by atoms with Gasteiger partial charge in [0.2, 0.25) is 11.8 Å². The molecule has 3 amide bonds. The third-order valence-corrected chi connectivity index (χ3v) is 4.04. The second kappa shape index (κ2) is 6.35. The number of nitrogens with two attached hydrogens (primary N) is 1. The highest BCUT2D eigenvalue weighted by atomic mass is 19.1. The highest BCUT2D eigenvalue weighted by molar-refractivity contribution is 6.12. The minimum atomic E-state index is -0.881. The number of carbonyl (C=O) groups excluding carboxylic acids is 3. The molecular weight excluding hydrogens is 325 g/mol. The van der Waals surface area contributed by atoms with Crippen molar-refractivity contribution in [3.8, 4) is 0 Å². The Kier molecular flexibility index (Phi) is 4.22. The maximum absolute atomic E-state index is 14.2.